The molecule has 0 unspecified atom stereocenters. The monoisotopic (exact) mass is 337 g/mol. The van der Waals surface area contributed by atoms with Crippen molar-refractivity contribution in [1.29, 1.82) is 5.26 Å². The molecule has 2 aromatic heterocycles. The predicted octanol–water partition coefficient (Wildman–Crippen LogP) is 4.44. The summed E-state index contributed by atoms with van der Waals surface area (Å²) in [5, 5.41) is 10.4. The molecule has 26 heavy (non-hydrogen) atoms. The topological polar surface area (TPSA) is 69.5 Å². The van der Waals surface area contributed by atoms with E-state index < -0.39 is 0 Å². The summed E-state index contributed by atoms with van der Waals surface area (Å²) in [5.74, 6) is 0. The lowest BCUT2D eigenvalue weighted by atomic mass is 9.99. The molecular weight excluding hydrogens is 322 g/mol. The molecule has 4 rings (SSSR count). The van der Waals surface area contributed by atoms with E-state index in [1.807, 2.05) is 72.8 Å². The third-order valence-corrected chi connectivity index (χ3v) is 4.35. The SMILES string of the molecule is Cc1cc(-c2ccc3ccc(-c4ccccc4)nc3c2)c(C#N)c(=O)[nH]1. The van der Waals surface area contributed by atoms with Crippen LogP contribution in [-0.4, -0.2) is 9.97 Å². The number of hydrogen-bond acceptors (Lipinski definition) is 3. The number of pyridine rings is 2. The summed E-state index contributed by atoms with van der Waals surface area (Å²) in [6, 6.07) is 23.6. The van der Waals surface area contributed by atoms with Gasteiger partial charge in [0.25, 0.3) is 5.56 Å². The van der Waals surface area contributed by atoms with E-state index in [-0.39, 0.29) is 11.1 Å². The summed E-state index contributed by atoms with van der Waals surface area (Å²) in [7, 11) is 0. The lowest BCUT2D eigenvalue weighted by Gasteiger charge is -2.08. The summed E-state index contributed by atoms with van der Waals surface area (Å²) < 4.78 is 0. The molecule has 0 radical (unpaired) electrons. The van der Waals surface area contributed by atoms with Gasteiger partial charge in [-0.15, -0.1) is 0 Å². The Labute approximate surface area is 150 Å². The fourth-order valence-electron chi connectivity index (χ4n) is 3.08. The van der Waals surface area contributed by atoms with Crippen LogP contribution in [0.2, 0.25) is 0 Å². The van der Waals surface area contributed by atoms with Gasteiger partial charge in [-0.1, -0.05) is 48.5 Å². The minimum absolute atomic E-state index is 0.120. The van der Waals surface area contributed by atoms with Crippen molar-refractivity contribution in [3.63, 3.8) is 0 Å². The van der Waals surface area contributed by atoms with Gasteiger partial charge in [-0.2, -0.15) is 5.26 Å². The number of H-pyrrole nitrogens is 1. The number of aromatic nitrogens is 2. The van der Waals surface area contributed by atoms with Crippen LogP contribution >= 0.6 is 0 Å². The molecule has 4 heteroatoms. The molecule has 4 nitrogen and oxygen atoms in total. The molecule has 0 bridgehead atoms. The Morgan fingerprint density at radius 3 is 2.50 bits per heavy atom. The Morgan fingerprint density at radius 1 is 0.962 bits per heavy atom. The fourth-order valence-corrected chi connectivity index (χ4v) is 3.08. The Balaban J connectivity index is 1.91. The van der Waals surface area contributed by atoms with Gasteiger partial charge in [-0.25, -0.2) is 4.98 Å². The number of nitrogens with zero attached hydrogens (tertiary/aromatic N) is 2. The second-order valence-corrected chi connectivity index (χ2v) is 6.15. The summed E-state index contributed by atoms with van der Waals surface area (Å²) in [6.07, 6.45) is 0. The molecule has 124 valence electrons. The molecule has 0 aliphatic carbocycles. The van der Waals surface area contributed by atoms with E-state index in [0.29, 0.717) is 5.56 Å². The van der Waals surface area contributed by atoms with Crippen LogP contribution in [-0.2, 0) is 0 Å². The van der Waals surface area contributed by atoms with Gasteiger partial charge in [0.15, 0.2) is 0 Å². The lowest BCUT2D eigenvalue weighted by molar-refractivity contribution is 1.13. The van der Waals surface area contributed by atoms with Gasteiger partial charge in [0.05, 0.1) is 11.2 Å². The number of aromatic amines is 1. The molecule has 0 amide bonds. The van der Waals surface area contributed by atoms with Gasteiger partial charge < -0.3 is 4.98 Å². The van der Waals surface area contributed by atoms with Crippen molar-refractivity contribution in [3.8, 4) is 28.5 Å². The van der Waals surface area contributed by atoms with Crippen LogP contribution in [0.5, 0.6) is 0 Å². The van der Waals surface area contributed by atoms with E-state index in [2.05, 4.69) is 4.98 Å². The highest BCUT2D eigenvalue weighted by atomic mass is 16.1. The second-order valence-electron chi connectivity index (χ2n) is 6.15. The average Bonchev–Trinajstić information content (AvgIpc) is 2.67. The zero-order chi connectivity index (χ0) is 18.1. The Hall–Kier alpha value is -3.71. The van der Waals surface area contributed by atoms with E-state index in [0.717, 1.165) is 33.4 Å². The molecule has 0 aliphatic heterocycles. The van der Waals surface area contributed by atoms with Crippen LogP contribution in [0, 0.1) is 18.3 Å². The number of rotatable bonds is 2. The molecule has 2 heterocycles. The van der Waals surface area contributed by atoms with Crippen molar-refractivity contribution in [3.05, 3.63) is 88.3 Å². The number of benzene rings is 2. The Bertz CT molecular complexity index is 1220. The third kappa shape index (κ3) is 2.76. The van der Waals surface area contributed by atoms with Gasteiger partial charge in [-0.3, -0.25) is 4.79 Å². The molecule has 4 aromatic rings. The first-order valence-corrected chi connectivity index (χ1v) is 8.26. The first kappa shape index (κ1) is 15.8. The van der Waals surface area contributed by atoms with E-state index in [9.17, 15) is 10.1 Å². The van der Waals surface area contributed by atoms with Gasteiger partial charge in [-0.05, 0) is 30.7 Å². The van der Waals surface area contributed by atoms with Gasteiger partial charge in [0.1, 0.15) is 11.6 Å². The maximum Gasteiger partial charge on any atom is 0.266 e. The second kappa shape index (κ2) is 6.30. The van der Waals surface area contributed by atoms with Crippen LogP contribution in [0.15, 0.2) is 71.5 Å². The first-order valence-electron chi connectivity index (χ1n) is 8.26. The minimum Gasteiger partial charge on any atom is -0.325 e. The summed E-state index contributed by atoms with van der Waals surface area (Å²) >= 11 is 0. The quantitative estimate of drug-likeness (QED) is 0.588. The van der Waals surface area contributed by atoms with Crippen molar-refractivity contribution >= 4 is 10.9 Å². The summed E-state index contributed by atoms with van der Waals surface area (Å²) in [4.78, 5) is 19.5. The number of fused-ring (bicyclic) bond motifs is 1. The molecule has 1 N–H and O–H groups in total. The first-order chi connectivity index (χ1) is 12.7. The van der Waals surface area contributed by atoms with E-state index >= 15 is 0 Å². The van der Waals surface area contributed by atoms with Crippen LogP contribution in [0.3, 0.4) is 0 Å². The van der Waals surface area contributed by atoms with Crippen LogP contribution in [0.25, 0.3) is 33.3 Å². The number of aryl methyl sites for hydroxylation is 1. The van der Waals surface area contributed by atoms with Crippen molar-refractivity contribution in [1.82, 2.24) is 9.97 Å². The molecule has 2 aromatic carbocycles. The van der Waals surface area contributed by atoms with Crippen LogP contribution in [0.1, 0.15) is 11.3 Å². The molecule has 0 fully saturated rings. The third-order valence-electron chi connectivity index (χ3n) is 4.35. The molecule has 0 atom stereocenters. The maximum atomic E-state index is 12.1. The van der Waals surface area contributed by atoms with Gasteiger partial charge in [0, 0.05) is 22.2 Å². The molecular formula is C22H15N3O. The average molecular weight is 337 g/mol. The zero-order valence-electron chi connectivity index (χ0n) is 14.2. The highest BCUT2D eigenvalue weighted by Crippen LogP contribution is 2.27. The Kier molecular flexibility index (Phi) is 3.83. The van der Waals surface area contributed by atoms with Crippen molar-refractivity contribution in [2.45, 2.75) is 6.92 Å². The smallest absolute Gasteiger partial charge is 0.266 e. The molecule has 0 saturated heterocycles. The number of nitriles is 1. The van der Waals surface area contributed by atoms with Crippen molar-refractivity contribution in [2.24, 2.45) is 0 Å². The molecule has 0 saturated carbocycles. The number of nitrogens with one attached hydrogen (secondary N) is 1. The molecule has 0 aliphatic rings. The molecule has 0 spiro atoms. The zero-order valence-corrected chi connectivity index (χ0v) is 14.2. The number of hydrogen-bond donors (Lipinski definition) is 1. The van der Waals surface area contributed by atoms with Crippen molar-refractivity contribution < 1.29 is 0 Å². The van der Waals surface area contributed by atoms with E-state index in [1.165, 1.54) is 0 Å². The predicted molar refractivity (Wildman–Crippen MR) is 103 cm³/mol. The van der Waals surface area contributed by atoms with E-state index in [4.69, 9.17) is 4.98 Å². The van der Waals surface area contributed by atoms with Gasteiger partial charge >= 0.3 is 0 Å². The summed E-state index contributed by atoms with van der Waals surface area (Å²) in [5.41, 5.74) is 4.66. The van der Waals surface area contributed by atoms with Crippen LogP contribution in [0.4, 0.5) is 0 Å². The lowest BCUT2D eigenvalue weighted by Crippen LogP contribution is -2.12. The van der Waals surface area contributed by atoms with Crippen LogP contribution < -0.4 is 5.56 Å². The highest BCUT2D eigenvalue weighted by molar-refractivity contribution is 5.87. The fraction of sp³-hybridized carbons (Fsp3) is 0.0455. The van der Waals surface area contributed by atoms with E-state index in [1.54, 1.807) is 6.92 Å². The van der Waals surface area contributed by atoms with Gasteiger partial charge in [0.2, 0.25) is 0 Å². The maximum absolute atomic E-state index is 12.1. The largest absolute Gasteiger partial charge is 0.325 e. The normalized spacial score (nSPS) is 10.6. The Morgan fingerprint density at radius 2 is 1.73 bits per heavy atom. The minimum atomic E-state index is -0.367. The standard InChI is InChI=1S/C22H15N3O/c1-14-11-18(19(13-23)22(26)24-14)17-8-7-16-9-10-20(25-21(16)12-17)15-5-3-2-4-6-15/h2-12H,1H3,(H,24,26). The summed E-state index contributed by atoms with van der Waals surface area (Å²) in [6.45, 7) is 1.80. The highest BCUT2D eigenvalue weighted by Gasteiger charge is 2.11. The van der Waals surface area contributed by atoms with Crippen molar-refractivity contribution in [2.75, 3.05) is 0 Å².